The Balaban J connectivity index is 1.37. The lowest BCUT2D eigenvalue weighted by molar-refractivity contribution is -0.122. The normalized spacial score (nSPS) is 30.2. The molecule has 3 heteroatoms. The number of nitrogens with zero attached hydrogens (tertiary/aromatic N) is 1. The Morgan fingerprint density at radius 2 is 2.00 bits per heavy atom. The van der Waals surface area contributed by atoms with Crippen molar-refractivity contribution in [1.29, 1.82) is 0 Å². The summed E-state index contributed by atoms with van der Waals surface area (Å²) in [6, 6.07) is 6.99. The fraction of sp³-hybridized carbons (Fsp3) is 0.611. The monoisotopic (exact) mass is 284 g/mol. The van der Waals surface area contributed by atoms with Gasteiger partial charge < -0.3 is 10.2 Å². The summed E-state index contributed by atoms with van der Waals surface area (Å²) in [6.45, 7) is 3.50. The van der Waals surface area contributed by atoms with Crippen molar-refractivity contribution in [2.45, 2.75) is 44.6 Å². The third kappa shape index (κ3) is 2.71. The number of rotatable bonds is 3. The summed E-state index contributed by atoms with van der Waals surface area (Å²) in [5, 5.41) is 3.29. The van der Waals surface area contributed by atoms with Crippen molar-refractivity contribution < 1.29 is 4.79 Å². The Bertz CT molecular complexity index is 546. The van der Waals surface area contributed by atoms with Crippen molar-refractivity contribution in [1.82, 2.24) is 10.2 Å². The first kappa shape index (κ1) is 13.3. The van der Waals surface area contributed by atoms with Gasteiger partial charge in [0.2, 0.25) is 5.91 Å². The van der Waals surface area contributed by atoms with E-state index >= 15 is 0 Å². The Morgan fingerprint density at radius 1 is 1.19 bits per heavy atom. The fourth-order valence-corrected chi connectivity index (χ4v) is 4.31. The van der Waals surface area contributed by atoms with Gasteiger partial charge in [-0.25, -0.2) is 0 Å². The Labute approximate surface area is 126 Å². The number of fused-ring (bicyclic) bond motifs is 4. The third-order valence-corrected chi connectivity index (χ3v) is 5.53. The molecule has 0 aromatic heterocycles. The smallest absolute Gasteiger partial charge is 0.224 e. The number of aryl methyl sites for hydroxylation is 2. The van der Waals surface area contributed by atoms with Crippen LogP contribution >= 0.6 is 0 Å². The molecule has 1 aromatic rings. The second kappa shape index (κ2) is 5.45. The molecule has 4 aliphatic rings. The van der Waals surface area contributed by atoms with Gasteiger partial charge in [-0.1, -0.05) is 18.2 Å². The number of nitrogens with one attached hydrogen (secondary N) is 1. The molecule has 3 heterocycles. The zero-order valence-corrected chi connectivity index (χ0v) is 12.6. The largest absolute Gasteiger partial charge is 0.352 e. The molecule has 2 bridgehead atoms. The van der Waals surface area contributed by atoms with Crippen LogP contribution < -0.4 is 5.32 Å². The lowest BCUT2D eigenvalue weighted by atomic mass is 9.84. The molecule has 1 amide bonds. The molecular weight excluding hydrogens is 260 g/mol. The third-order valence-electron chi connectivity index (χ3n) is 5.53. The molecule has 5 rings (SSSR count). The molecule has 0 spiro atoms. The van der Waals surface area contributed by atoms with E-state index in [1.54, 1.807) is 0 Å². The summed E-state index contributed by atoms with van der Waals surface area (Å²) in [4.78, 5) is 14.8. The Morgan fingerprint density at radius 3 is 2.76 bits per heavy atom. The van der Waals surface area contributed by atoms with Crippen LogP contribution in [-0.4, -0.2) is 36.5 Å². The van der Waals surface area contributed by atoms with E-state index in [2.05, 4.69) is 28.4 Å². The lowest BCUT2D eigenvalue weighted by Gasteiger charge is -2.44. The van der Waals surface area contributed by atoms with Gasteiger partial charge in [-0.3, -0.25) is 4.79 Å². The number of hydrogen-bond donors (Lipinski definition) is 1. The van der Waals surface area contributed by atoms with Gasteiger partial charge >= 0.3 is 0 Å². The van der Waals surface area contributed by atoms with E-state index in [0.717, 1.165) is 6.54 Å². The second-order valence-electron chi connectivity index (χ2n) is 6.95. The molecule has 0 unspecified atom stereocenters. The molecule has 21 heavy (non-hydrogen) atoms. The highest BCUT2D eigenvalue weighted by atomic mass is 16.1. The average molecular weight is 284 g/mol. The van der Waals surface area contributed by atoms with Crippen LogP contribution in [0.2, 0.25) is 0 Å². The number of carbonyl (C=O) groups excluding carboxylic acids is 1. The Kier molecular flexibility index (Phi) is 3.46. The lowest BCUT2D eigenvalue weighted by Crippen LogP contribution is -2.57. The van der Waals surface area contributed by atoms with Crippen LogP contribution in [0.25, 0.3) is 0 Å². The molecule has 0 radical (unpaired) electrons. The molecule has 1 N–H and O–H groups in total. The second-order valence-corrected chi connectivity index (χ2v) is 6.95. The first-order valence-electron chi connectivity index (χ1n) is 8.40. The average Bonchev–Trinajstić information content (AvgIpc) is 2.96. The van der Waals surface area contributed by atoms with Crippen molar-refractivity contribution >= 4 is 5.91 Å². The maximum absolute atomic E-state index is 12.3. The predicted molar refractivity (Wildman–Crippen MR) is 83.3 cm³/mol. The predicted octanol–water partition coefficient (Wildman–Crippen LogP) is 1.93. The van der Waals surface area contributed by atoms with Crippen LogP contribution in [0.5, 0.6) is 0 Å². The first-order chi connectivity index (χ1) is 10.3. The number of hydrogen-bond acceptors (Lipinski definition) is 2. The van der Waals surface area contributed by atoms with Gasteiger partial charge in [-0.15, -0.1) is 0 Å². The molecule has 112 valence electrons. The summed E-state index contributed by atoms with van der Waals surface area (Å²) in [5.74, 6) is 0.908. The summed E-state index contributed by atoms with van der Waals surface area (Å²) < 4.78 is 0. The summed E-state index contributed by atoms with van der Waals surface area (Å²) in [7, 11) is 0. The fourth-order valence-electron chi connectivity index (χ4n) is 4.31. The SMILES string of the molecule is O=C(Cc1ccc2c(c1)CCC2)N[C@@H]1CN2CCC1CC2. The quantitative estimate of drug-likeness (QED) is 0.920. The van der Waals surface area contributed by atoms with Crippen LogP contribution in [0.15, 0.2) is 18.2 Å². The molecular formula is C18H24N2O. The molecule has 0 saturated carbocycles. The zero-order chi connectivity index (χ0) is 14.2. The van der Waals surface area contributed by atoms with E-state index in [1.807, 2.05) is 0 Å². The molecule has 3 nitrogen and oxygen atoms in total. The minimum Gasteiger partial charge on any atom is -0.352 e. The van der Waals surface area contributed by atoms with E-state index < -0.39 is 0 Å². The summed E-state index contributed by atoms with van der Waals surface area (Å²) in [5.41, 5.74) is 4.12. The van der Waals surface area contributed by atoms with Crippen molar-refractivity contribution in [3.05, 3.63) is 34.9 Å². The summed E-state index contributed by atoms with van der Waals surface area (Å²) >= 11 is 0. The van der Waals surface area contributed by atoms with E-state index in [9.17, 15) is 4.79 Å². The topological polar surface area (TPSA) is 32.3 Å². The van der Waals surface area contributed by atoms with Crippen LogP contribution in [-0.2, 0) is 24.1 Å². The molecule has 1 aliphatic carbocycles. The Hall–Kier alpha value is -1.35. The van der Waals surface area contributed by atoms with Gasteiger partial charge in [0.05, 0.1) is 6.42 Å². The van der Waals surface area contributed by atoms with Gasteiger partial charge in [-0.2, -0.15) is 0 Å². The van der Waals surface area contributed by atoms with Gasteiger partial charge in [0.25, 0.3) is 0 Å². The molecule has 3 saturated heterocycles. The van der Waals surface area contributed by atoms with Crippen LogP contribution in [0.1, 0.15) is 36.0 Å². The first-order valence-corrected chi connectivity index (χ1v) is 8.40. The standard InChI is InChI=1S/C18H24N2O/c21-18(19-17-12-20-8-6-15(17)7-9-20)11-13-4-5-14-2-1-3-16(14)10-13/h4-5,10,15,17H,1-3,6-9,11-12H2,(H,19,21)/t17-/m1/s1. The minimum atomic E-state index is 0.201. The maximum Gasteiger partial charge on any atom is 0.224 e. The van der Waals surface area contributed by atoms with Gasteiger partial charge in [0.15, 0.2) is 0 Å². The molecule has 3 aliphatic heterocycles. The highest BCUT2D eigenvalue weighted by Crippen LogP contribution is 2.27. The maximum atomic E-state index is 12.3. The van der Waals surface area contributed by atoms with E-state index in [1.165, 1.54) is 61.9 Å². The van der Waals surface area contributed by atoms with Gasteiger partial charge in [-0.05, 0) is 67.8 Å². The summed E-state index contributed by atoms with van der Waals surface area (Å²) in [6.07, 6.45) is 6.71. The van der Waals surface area contributed by atoms with Crippen molar-refractivity contribution in [2.75, 3.05) is 19.6 Å². The van der Waals surface area contributed by atoms with E-state index in [4.69, 9.17) is 0 Å². The van der Waals surface area contributed by atoms with Crippen LogP contribution in [0.3, 0.4) is 0 Å². The van der Waals surface area contributed by atoms with Crippen molar-refractivity contribution in [2.24, 2.45) is 5.92 Å². The number of carbonyl (C=O) groups is 1. The van der Waals surface area contributed by atoms with E-state index in [-0.39, 0.29) is 5.91 Å². The number of benzene rings is 1. The molecule has 1 atom stereocenters. The molecule has 1 aromatic carbocycles. The van der Waals surface area contributed by atoms with Gasteiger partial charge in [0.1, 0.15) is 0 Å². The highest BCUT2D eigenvalue weighted by Gasteiger charge is 2.34. The van der Waals surface area contributed by atoms with Crippen molar-refractivity contribution in [3.8, 4) is 0 Å². The van der Waals surface area contributed by atoms with Gasteiger partial charge in [0, 0.05) is 12.6 Å². The molecule has 3 fully saturated rings. The van der Waals surface area contributed by atoms with Crippen molar-refractivity contribution in [3.63, 3.8) is 0 Å². The van der Waals surface area contributed by atoms with Crippen LogP contribution in [0.4, 0.5) is 0 Å². The minimum absolute atomic E-state index is 0.201. The number of amides is 1. The van der Waals surface area contributed by atoms with Crippen LogP contribution in [0, 0.1) is 5.92 Å². The highest BCUT2D eigenvalue weighted by molar-refractivity contribution is 5.79. The number of piperidine rings is 3. The zero-order valence-electron chi connectivity index (χ0n) is 12.6. The van der Waals surface area contributed by atoms with E-state index in [0.29, 0.717) is 18.4 Å².